The van der Waals surface area contributed by atoms with Gasteiger partial charge in [-0.15, -0.1) is 0 Å². The Hall–Kier alpha value is -1.54. The van der Waals surface area contributed by atoms with Crippen LogP contribution in [0.25, 0.3) is 0 Å². The molecule has 0 aromatic rings. The topological polar surface area (TPSA) is 131 Å². The van der Waals surface area contributed by atoms with Gasteiger partial charge in [-0.3, -0.25) is 0 Å². The number of carbonyl (C=O) groups is 2. The van der Waals surface area contributed by atoms with E-state index in [0.717, 1.165) is 0 Å². The molecule has 118 valence electrons. The zero-order valence-electron chi connectivity index (χ0n) is 12.3. The third-order valence-electron chi connectivity index (χ3n) is 2.63. The first kappa shape index (κ1) is 18.5. The molecule has 8 heteroatoms. The summed E-state index contributed by atoms with van der Waals surface area (Å²) in [7, 11) is 0. The number of primary amides is 1. The van der Waals surface area contributed by atoms with Gasteiger partial charge in [-0.1, -0.05) is 13.3 Å². The maximum absolute atomic E-state index is 11.5. The number of carbonyl (C=O) groups excluding carboxylic acids is 2. The summed E-state index contributed by atoms with van der Waals surface area (Å²) in [5, 5.41) is 22.4. The minimum atomic E-state index is -2.63. The van der Waals surface area contributed by atoms with Crippen LogP contribution >= 0.6 is 0 Å². The van der Waals surface area contributed by atoms with Gasteiger partial charge in [0.15, 0.2) is 0 Å². The van der Waals surface area contributed by atoms with Crippen LogP contribution in [-0.2, 0) is 9.47 Å². The van der Waals surface area contributed by atoms with E-state index in [0.29, 0.717) is 12.8 Å². The van der Waals surface area contributed by atoms with Crippen LogP contribution in [0.5, 0.6) is 0 Å². The molecule has 5 N–H and O–H groups in total. The van der Waals surface area contributed by atoms with Crippen molar-refractivity contribution in [1.82, 2.24) is 5.32 Å². The summed E-state index contributed by atoms with van der Waals surface area (Å²) in [6, 6.07) is -0.240. The SMILES string of the molecule is CCCC(O)C(C)C(O)(OC(N)=O)OC(=O)NC(C)C. The fourth-order valence-electron chi connectivity index (χ4n) is 1.54. The van der Waals surface area contributed by atoms with Gasteiger partial charge in [0.05, 0.1) is 12.0 Å². The molecule has 0 aliphatic rings. The highest BCUT2D eigenvalue weighted by Gasteiger charge is 2.46. The molecule has 0 aromatic heterocycles. The molecule has 0 aromatic carbocycles. The van der Waals surface area contributed by atoms with E-state index in [9.17, 15) is 19.8 Å². The quantitative estimate of drug-likeness (QED) is 0.510. The Morgan fingerprint density at radius 1 is 1.30 bits per heavy atom. The van der Waals surface area contributed by atoms with Crippen molar-refractivity contribution in [3.63, 3.8) is 0 Å². The standard InChI is InChI=1S/C12H24N2O6/c1-5-6-9(15)8(4)12(18,19-10(13)16)20-11(17)14-7(2)3/h7-9,15,18H,5-6H2,1-4H3,(H2,13,16)(H,14,17). The highest BCUT2D eigenvalue weighted by atomic mass is 16.8. The second-order valence-corrected chi connectivity index (χ2v) is 4.89. The Morgan fingerprint density at radius 2 is 1.85 bits per heavy atom. The smallest absolute Gasteiger partial charge is 0.392 e. The molecule has 20 heavy (non-hydrogen) atoms. The van der Waals surface area contributed by atoms with Gasteiger partial charge in [-0.25, -0.2) is 9.59 Å². The van der Waals surface area contributed by atoms with Crippen molar-refractivity contribution in [3.8, 4) is 0 Å². The molecule has 0 aliphatic carbocycles. The van der Waals surface area contributed by atoms with Gasteiger partial charge in [-0.2, -0.15) is 0 Å². The lowest BCUT2D eigenvalue weighted by Crippen LogP contribution is -2.52. The van der Waals surface area contributed by atoms with Gasteiger partial charge in [0, 0.05) is 6.04 Å². The Kier molecular flexibility index (Phi) is 7.30. The third-order valence-corrected chi connectivity index (χ3v) is 2.63. The van der Waals surface area contributed by atoms with Crippen LogP contribution in [0.1, 0.15) is 40.5 Å². The minimum Gasteiger partial charge on any atom is -0.392 e. The number of aliphatic hydroxyl groups is 2. The average molecular weight is 292 g/mol. The number of alkyl carbamates (subject to hydrolysis) is 1. The first-order valence-electron chi connectivity index (χ1n) is 6.50. The zero-order chi connectivity index (χ0) is 15.9. The third kappa shape index (κ3) is 6.07. The van der Waals surface area contributed by atoms with E-state index in [1.807, 2.05) is 6.92 Å². The molecular weight excluding hydrogens is 268 g/mol. The number of hydrogen-bond acceptors (Lipinski definition) is 6. The summed E-state index contributed by atoms with van der Waals surface area (Å²) >= 11 is 0. The van der Waals surface area contributed by atoms with Crippen LogP contribution in [0.3, 0.4) is 0 Å². The Morgan fingerprint density at radius 3 is 2.25 bits per heavy atom. The number of amides is 2. The van der Waals surface area contributed by atoms with E-state index in [1.165, 1.54) is 6.92 Å². The maximum atomic E-state index is 11.5. The predicted octanol–water partition coefficient (Wildman–Crippen LogP) is 0.659. The summed E-state index contributed by atoms with van der Waals surface area (Å²) in [5.74, 6) is -3.69. The monoisotopic (exact) mass is 292 g/mol. The molecule has 2 amide bonds. The van der Waals surface area contributed by atoms with Crippen LogP contribution < -0.4 is 11.1 Å². The van der Waals surface area contributed by atoms with E-state index in [1.54, 1.807) is 13.8 Å². The highest BCUT2D eigenvalue weighted by Crippen LogP contribution is 2.26. The van der Waals surface area contributed by atoms with E-state index >= 15 is 0 Å². The normalized spacial score (nSPS) is 16.9. The molecule has 0 bridgehead atoms. The maximum Gasteiger partial charge on any atom is 0.412 e. The summed E-state index contributed by atoms with van der Waals surface area (Å²) in [6.45, 7) is 6.58. The number of aliphatic hydroxyl groups excluding tert-OH is 1. The second kappa shape index (κ2) is 7.91. The Bertz CT molecular complexity index is 336. The number of hydrogen-bond donors (Lipinski definition) is 4. The van der Waals surface area contributed by atoms with Crippen molar-refractivity contribution in [2.24, 2.45) is 11.7 Å². The second-order valence-electron chi connectivity index (χ2n) is 4.89. The molecule has 0 heterocycles. The van der Waals surface area contributed by atoms with Crippen molar-refractivity contribution in [3.05, 3.63) is 0 Å². The largest absolute Gasteiger partial charge is 0.412 e. The van der Waals surface area contributed by atoms with Gasteiger partial charge in [-0.05, 0) is 27.2 Å². The molecule has 3 atom stereocenters. The molecular formula is C12H24N2O6. The summed E-state index contributed by atoms with van der Waals surface area (Å²) in [4.78, 5) is 22.4. The van der Waals surface area contributed by atoms with Crippen LogP contribution in [0.15, 0.2) is 0 Å². The Labute approximate surface area is 118 Å². The van der Waals surface area contributed by atoms with Crippen molar-refractivity contribution < 1.29 is 29.3 Å². The lowest BCUT2D eigenvalue weighted by atomic mass is 9.98. The van der Waals surface area contributed by atoms with Gasteiger partial charge < -0.3 is 30.7 Å². The fourth-order valence-corrected chi connectivity index (χ4v) is 1.54. The first-order chi connectivity index (χ1) is 9.12. The zero-order valence-corrected chi connectivity index (χ0v) is 12.3. The van der Waals surface area contributed by atoms with E-state index in [2.05, 4.69) is 10.1 Å². The van der Waals surface area contributed by atoms with Crippen LogP contribution in [0.2, 0.25) is 0 Å². The van der Waals surface area contributed by atoms with Crippen LogP contribution in [-0.4, -0.2) is 40.5 Å². The minimum absolute atomic E-state index is 0.240. The lowest BCUT2D eigenvalue weighted by molar-refractivity contribution is -0.340. The molecule has 0 spiro atoms. The summed E-state index contributed by atoms with van der Waals surface area (Å²) in [6.07, 6.45) is -2.37. The summed E-state index contributed by atoms with van der Waals surface area (Å²) < 4.78 is 9.18. The molecule has 0 aliphatic heterocycles. The molecule has 0 saturated carbocycles. The number of rotatable bonds is 7. The van der Waals surface area contributed by atoms with Crippen molar-refractivity contribution in [2.45, 2.75) is 58.7 Å². The highest BCUT2D eigenvalue weighted by molar-refractivity contribution is 5.69. The molecule has 0 saturated heterocycles. The molecule has 0 rings (SSSR count). The van der Waals surface area contributed by atoms with Gasteiger partial charge in [0.2, 0.25) is 0 Å². The van der Waals surface area contributed by atoms with E-state index in [4.69, 9.17) is 10.5 Å². The molecule has 8 nitrogen and oxygen atoms in total. The average Bonchev–Trinajstić information content (AvgIpc) is 2.25. The molecule has 0 radical (unpaired) electrons. The first-order valence-corrected chi connectivity index (χ1v) is 6.50. The summed E-state index contributed by atoms with van der Waals surface area (Å²) in [5.41, 5.74) is 4.85. The van der Waals surface area contributed by atoms with Gasteiger partial charge in [0.1, 0.15) is 0 Å². The fraction of sp³-hybridized carbons (Fsp3) is 0.833. The Balaban J connectivity index is 4.98. The van der Waals surface area contributed by atoms with Crippen LogP contribution in [0.4, 0.5) is 9.59 Å². The van der Waals surface area contributed by atoms with Crippen molar-refractivity contribution in [2.75, 3.05) is 0 Å². The van der Waals surface area contributed by atoms with Crippen molar-refractivity contribution >= 4 is 12.2 Å². The number of nitrogens with two attached hydrogens (primary N) is 1. The van der Waals surface area contributed by atoms with E-state index < -0.39 is 30.2 Å². The van der Waals surface area contributed by atoms with Crippen molar-refractivity contribution in [1.29, 1.82) is 0 Å². The number of ether oxygens (including phenoxy) is 2. The molecule has 3 unspecified atom stereocenters. The van der Waals surface area contributed by atoms with Gasteiger partial charge in [0.25, 0.3) is 0 Å². The predicted molar refractivity (Wildman–Crippen MR) is 70.4 cm³/mol. The lowest BCUT2D eigenvalue weighted by Gasteiger charge is -2.33. The van der Waals surface area contributed by atoms with E-state index in [-0.39, 0.29) is 6.04 Å². The van der Waals surface area contributed by atoms with Crippen LogP contribution in [0, 0.1) is 5.92 Å². The van der Waals surface area contributed by atoms with Gasteiger partial charge >= 0.3 is 18.2 Å². The number of nitrogens with one attached hydrogen (secondary N) is 1. The molecule has 0 fully saturated rings.